The third-order valence-corrected chi connectivity index (χ3v) is 3.88. The summed E-state index contributed by atoms with van der Waals surface area (Å²) in [4.78, 5) is 29.4. The minimum atomic E-state index is 0.00334. The van der Waals surface area contributed by atoms with Crippen molar-refractivity contribution in [2.24, 2.45) is 0 Å². The Morgan fingerprint density at radius 1 is 1.04 bits per heavy atom. The van der Waals surface area contributed by atoms with Crippen molar-refractivity contribution in [1.29, 1.82) is 0 Å². The van der Waals surface area contributed by atoms with Gasteiger partial charge in [0.15, 0.2) is 0 Å². The van der Waals surface area contributed by atoms with Crippen molar-refractivity contribution in [1.82, 2.24) is 14.7 Å². The van der Waals surface area contributed by atoms with Crippen LogP contribution in [-0.4, -0.2) is 73.5 Å². The second-order valence-corrected chi connectivity index (χ2v) is 5.80. The summed E-state index contributed by atoms with van der Waals surface area (Å²) >= 11 is 0. The summed E-state index contributed by atoms with van der Waals surface area (Å²) in [7, 11) is 3.48. The van der Waals surface area contributed by atoms with Crippen LogP contribution in [0.1, 0.15) is 12.5 Å². The van der Waals surface area contributed by atoms with E-state index in [2.05, 4.69) is 0 Å². The molecule has 1 aliphatic rings. The zero-order valence-electron chi connectivity index (χ0n) is 14.1. The van der Waals surface area contributed by atoms with Crippen LogP contribution in [0.3, 0.4) is 0 Å². The first kappa shape index (κ1) is 17.1. The molecule has 2 rings (SSSR count). The second kappa shape index (κ2) is 7.85. The number of carbonyl (C=O) groups is 2. The molecule has 1 aromatic carbocycles. The lowest BCUT2D eigenvalue weighted by Gasteiger charge is -2.36. The Hall–Kier alpha value is -2.24. The van der Waals surface area contributed by atoms with Crippen molar-refractivity contribution in [3.05, 3.63) is 29.8 Å². The summed E-state index contributed by atoms with van der Waals surface area (Å²) in [6.45, 7) is 4.94. The maximum Gasteiger partial charge on any atom is 0.319 e. The van der Waals surface area contributed by atoms with Gasteiger partial charge in [0, 0.05) is 40.3 Å². The molecule has 1 saturated heterocycles. The summed E-state index contributed by atoms with van der Waals surface area (Å²) in [5, 5.41) is 0. The predicted molar refractivity (Wildman–Crippen MR) is 88.6 cm³/mol. The average molecular weight is 319 g/mol. The Morgan fingerprint density at radius 3 is 2.13 bits per heavy atom. The number of urea groups is 1. The van der Waals surface area contributed by atoms with Gasteiger partial charge in [-0.25, -0.2) is 4.79 Å². The molecule has 1 fully saturated rings. The van der Waals surface area contributed by atoms with E-state index in [1.54, 1.807) is 23.9 Å². The third-order valence-electron chi connectivity index (χ3n) is 3.88. The number of amides is 3. The van der Waals surface area contributed by atoms with Crippen LogP contribution in [0.25, 0.3) is 0 Å². The largest absolute Gasteiger partial charge is 0.494 e. The topological polar surface area (TPSA) is 53.1 Å². The van der Waals surface area contributed by atoms with Crippen LogP contribution in [-0.2, 0) is 11.2 Å². The molecular formula is C17H25N3O3. The van der Waals surface area contributed by atoms with Crippen molar-refractivity contribution in [2.45, 2.75) is 13.3 Å². The fraction of sp³-hybridized carbons (Fsp3) is 0.529. The quantitative estimate of drug-likeness (QED) is 0.844. The molecule has 0 aliphatic carbocycles. The Balaban J connectivity index is 1.84. The summed E-state index contributed by atoms with van der Waals surface area (Å²) in [5.74, 6) is 0.922. The standard InChI is InChI=1S/C17H25N3O3/c1-4-23-15-7-5-14(6-8-15)13-16(21)19-9-11-20(12-10-19)17(22)18(2)3/h5-8H,4,9-13H2,1-3H3. The van der Waals surface area contributed by atoms with E-state index < -0.39 is 0 Å². The maximum absolute atomic E-state index is 12.4. The SMILES string of the molecule is CCOc1ccc(CC(=O)N2CCN(C(=O)N(C)C)CC2)cc1. The number of rotatable bonds is 4. The lowest BCUT2D eigenvalue weighted by atomic mass is 10.1. The summed E-state index contributed by atoms with van der Waals surface area (Å²) < 4.78 is 5.40. The first-order chi connectivity index (χ1) is 11.0. The van der Waals surface area contributed by atoms with Gasteiger partial charge >= 0.3 is 6.03 Å². The zero-order valence-corrected chi connectivity index (χ0v) is 14.1. The minimum Gasteiger partial charge on any atom is -0.494 e. The van der Waals surface area contributed by atoms with E-state index in [0.29, 0.717) is 39.2 Å². The van der Waals surface area contributed by atoms with Gasteiger partial charge in [-0.15, -0.1) is 0 Å². The van der Waals surface area contributed by atoms with Crippen LogP contribution in [0.5, 0.6) is 5.75 Å². The molecule has 0 saturated carbocycles. The second-order valence-electron chi connectivity index (χ2n) is 5.80. The summed E-state index contributed by atoms with van der Waals surface area (Å²) in [6.07, 6.45) is 0.383. The molecule has 0 atom stereocenters. The van der Waals surface area contributed by atoms with Crippen molar-refractivity contribution in [2.75, 3.05) is 46.9 Å². The smallest absolute Gasteiger partial charge is 0.319 e. The first-order valence-corrected chi connectivity index (χ1v) is 7.97. The molecule has 0 aromatic heterocycles. The number of carbonyl (C=O) groups excluding carboxylic acids is 2. The Kier molecular flexibility index (Phi) is 5.84. The van der Waals surface area contributed by atoms with Gasteiger partial charge in [-0.2, -0.15) is 0 Å². The van der Waals surface area contributed by atoms with E-state index >= 15 is 0 Å². The van der Waals surface area contributed by atoms with Crippen LogP contribution >= 0.6 is 0 Å². The van der Waals surface area contributed by atoms with Gasteiger partial charge in [0.05, 0.1) is 13.0 Å². The number of piperazine rings is 1. The van der Waals surface area contributed by atoms with E-state index in [0.717, 1.165) is 11.3 Å². The number of ether oxygens (including phenoxy) is 1. The Bertz CT molecular complexity index is 535. The molecule has 6 nitrogen and oxygen atoms in total. The molecule has 0 N–H and O–H groups in total. The van der Waals surface area contributed by atoms with Crippen molar-refractivity contribution >= 4 is 11.9 Å². The molecule has 6 heteroatoms. The highest BCUT2D eigenvalue weighted by atomic mass is 16.5. The number of hydrogen-bond acceptors (Lipinski definition) is 3. The Labute approximate surface area is 137 Å². The van der Waals surface area contributed by atoms with Gasteiger partial charge < -0.3 is 19.4 Å². The minimum absolute atomic E-state index is 0.00334. The highest BCUT2D eigenvalue weighted by Crippen LogP contribution is 2.14. The van der Waals surface area contributed by atoms with Gasteiger partial charge in [0.2, 0.25) is 5.91 Å². The van der Waals surface area contributed by atoms with Gasteiger partial charge in [-0.05, 0) is 24.6 Å². The van der Waals surface area contributed by atoms with E-state index in [9.17, 15) is 9.59 Å². The van der Waals surface area contributed by atoms with Crippen LogP contribution in [0.15, 0.2) is 24.3 Å². The molecule has 0 spiro atoms. The van der Waals surface area contributed by atoms with Gasteiger partial charge in [-0.3, -0.25) is 4.79 Å². The molecule has 0 unspecified atom stereocenters. The molecule has 126 valence electrons. The highest BCUT2D eigenvalue weighted by molar-refractivity contribution is 5.79. The molecule has 3 amide bonds. The molecule has 0 bridgehead atoms. The third kappa shape index (κ3) is 4.61. The molecule has 23 heavy (non-hydrogen) atoms. The normalized spacial score (nSPS) is 14.6. The van der Waals surface area contributed by atoms with Crippen molar-refractivity contribution in [3.63, 3.8) is 0 Å². The van der Waals surface area contributed by atoms with Crippen molar-refractivity contribution < 1.29 is 14.3 Å². The van der Waals surface area contributed by atoms with Crippen LogP contribution in [0.2, 0.25) is 0 Å². The van der Waals surface area contributed by atoms with Crippen LogP contribution in [0, 0.1) is 0 Å². The highest BCUT2D eigenvalue weighted by Gasteiger charge is 2.24. The first-order valence-electron chi connectivity index (χ1n) is 7.97. The van der Waals surface area contributed by atoms with Gasteiger partial charge in [-0.1, -0.05) is 12.1 Å². The predicted octanol–water partition coefficient (Wildman–Crippen LogP) is 1.45. The monoisotopic (exact) mass is 319 g/mol. The zero-order chi connectivity index (χ0) is 16.8. The lowest BCUT2D eigenvalue weighted by molar-refractivity contribution is -0.131. The maximum atomic E-state index is 12.4. The number of benzene rings is 1. The fourth-order valence-electron chi connectivity index (χ4n) is 2.59. The molecular weight excluding hydrogens is 294 g/mol. The van der Waals surface area contributed by atoms with Crippen molar-refractivity contribution in [3.8, 4) is 5.75 Å². The van der Waals surface area contributed by atoms with E-state index in [1.165, 1.54) is 0 Å². The van der Waals surface area contributed by atoms with Gasteiger partial charge in [0.1, 0.15) is 5.75 Å². The summed E-state index contributed by atoms with van der Waals surface area (Å²) in [6, 6.07) is 7.63. The number of hydrogen-bond donors (Lipinski definition) is 0. The lowest BCUT2D eigenvalue weighted by Crippen LogP contribution is -2.53. The molecule has 1 aliphatic heterocycles. The van der Waals surface area contributed by atoms with Gasteiger partial charge in [0.25, 0.3) is 0 Å². The molecule has 1 aromatic rings. The fourth-order valence-corrected chi connectivity index (χ4v) is 2.59. The van der Waals surface area contributed by atoms with E-state index in [-0.39, 0.29) is 11.9 Å². The average Bonchev–Trinajstić information content (AvgIpc) is 2.56. The Morgan fingerprint density at radius 2 is 1.61 bits per heavy atom. The molecule has 0 radical (unpaired) electrons. The molecule has 1 heterocycles. The summed E-state index contributed by atoms with van der Waals surface area (Å²) in [5.41, 5.74) is 0.977. The van der Waals surface area contributed by atoms with E-state index in [1.807, 2.05) is 36.1 Å². The van der Waals surface area contributed by atoms with Crippen LogP contribution in [0.4, 0.5) is 4.79 Å². The van der Waals surface area contributed by atoms with Crippen LogP contribution < -0.4 is 4.74 Å². The number of nitrogens with zero attached hydrogens (tertiary/aromatic N) is 3. The van der Waals surface area contributed by atoms with E-state index in [4.69, 9.17) is 4.74 Å².